The van der Waals surface area contributed by atoms with E-state index in [4.69, 9.17) is 9.90 Å². The lowest BCUT2D eigenvalue weighted by atomic mass is 9.89. The van der Waals surface area contributed by atoms with Crippen LogP contribution >= 0.6 is 0 Å². The van der Waals surface area contributed by atoms with Crippen molar-refractivity contribution in [3.63, 3.8) is 0 Å². The highest BCUT2D eigenvalue weighted by atomic mass is 19.4. The third kappa shape index (κ3) is 8.39. The number of alkyl halides is 6. The minimum absolute atomic E-state index is 0.0160. The van der Waals surface area contributed by atoms with Crippen LogP contribution in [0.3, 0.4) is 0 Å². The average molecular weight is 557 g/mol. The van der Waals surface area contributed by atoms with Gasteiger partial charge >= 0.3 is 18.3 Å². The van der Waals surface area contributed by atoms with Crippen molar-refractivity contribution in [2.45, 2.75) is 43.9 Å². The zero-order chi connectivity index (χ0) is 28.7. The number of halogens is 7. The van der Waals surface area contributed by atoms with Crippen LogP contribution in [-0.4, -0.2) is 75.3 Å². The molecule has 0 saturated carbocycles. The molecule has 0 radical (unpaired) electrons. The number of rotatable bonds is 7. The maximum absolute atomic E-state index is 15.1. The summed E-state index contributed by atoms with van der Waals surface area (Å²) in [5.74, 6) is -3.65. The van der Waals surface area contributed by atoms with E-state index in [1.54, 1.807) is 11.8 Å². The molecule has 1 aliphatic rings. The quantitative estimate of drug-likeness (QED) is 0.326. The Hall–Kier alpha value is -3.24. The molecule has 0 amide bonds. The molecule has 0 bridgehead atoms. The van der Waals surface area contributed by atoms with Crippen LogP contribution in [0.4, 0.5) is 42.4 Å². The minimum Gasteiger partial charge on any atom is -0.475 e. The lowest BCUT2D eigenvalue weighted by Crippen LogP contribution is -2.57. The lowest BCUT2D eigenvalue weighted by molar-refractivity contribution is -0.192. The Morgan fingerprint density at radius 1 is 1.18 bits per heavy atom. The molecular weight excluding hydrogens is 531 g/mol. The first-order valence-corrected chi connectivity index (χ1v) is 11.1. The molecule has 2 unspecified atom stereocenters. The van der Waals surface area contributed by atoms with Gasteiger partial charge in [0.2, 0.25) is 5.82 Å². The van der Waals surface area contributed by atoms with Crippen LogP contribution in [0.15, 0.2) is 30.6 Å². The van der Waals surface area contributed by atoms with E-state index in [9.17, 15) is 36.6 Å². The third-order valence-corrected chi connectivity index (χ3v) is 5.60. The van der Waals surface area contributed by atoms with Crippen molar-refractivity contribution in [3.8, 4) is 0 Å². The zero-order valence-electron chi connectivity index (χ0n) is 19.9. The molecule has 1 aromatic carbocycles. The van der Waals surface area contributed by atoms with E-state index in [1.165, 1.54) is 18.5 Å². The number of carbonyl (C=O) groups is 1. The van der Waals surface area contributed by atoms with E-state index in [-0.39, 0.29) is 37.7 Å². The van der Waals surface area contributed by atoms with E-state index in [1.807, 2.05) is 0 Å². The normalized spacial score (nSPS) is 19.8. The molecule has 2 heterocycles. The Morgan fingerprint density at radius 2 is 1.79 bits per heavy atom. The Labute approximate surface area is 212 Å². The van der Waals surface area contributed by atoms with Crippen molar-refractivity contribution < 1.29 is 50.8 Å². The first-order valence-electron chi connectivity index (χ1n) is 11.1. The fourth-order valence-electron chi connectivity index (χ4n) is 3.40. The highest BCUT2D eigenvalue weighted by Gasteiger charge is 2.39. The highest BCUT2D eigenvalue weighted by molar-refractivity contribution is 5.73. The van der Waals surface area contributed by atoms with Gasteiger partial charge in [0.1, 0.15) is 11.9 Å². The summed E-state index contributed by atoms with van der Waals surface area (Å²) in [6.07, 6.45) is -9.06. The molecule has 2 aromatic rings. The first kappa shape index (κ1) is 31.0. The molecule has 38 heavy (non-hydrogen) atoms. The molecule has 1 saturated heterocycles. The number of nitrogens with zero attached hydrogens (tertiary/aromatic N) is 3. The molecule has 1 fully saturated rings. The summed E-state index contributed by atoms with van der Waals surface area (Å²) < 4.78 is 85.1. The number of β-amino-alcohol motifs (C(OH)–C–C–N with tert-alkyl or cyclic N) is 1. The van der Waals surface area contributed by atoms with Crippen LogP contribution in [0.1, 0.15) is 24.5 Å². The molecule has 1 aliphatic heterocycles. The van der Waals surface area contributed by atoms with Crippen molar-refractivity contribution in [2.75, 3.05) is 36.4 Å². The number of nitrogens with one attached hydrogen (secondary N) is 2. The van der Waals surface area contributed by atoms with E-state index in [0.29, 0.717) is 18.7 Å². The number of anilines is 2. The number of aliphatic carboxylic acids is 1. The molecule has 0 spiro atoms. The molecule has 1 aromatic heterocycles. The number of aliphatic hydroxyl groups excluding tert-OH is 1. The summed E-state index contributed by atoms with van der Waals surface area (Å²) in [5, 5.41) is 33.4. The van der Waals surface area contributed by atoms with Gasteiger partial charge in [-0.25, -0.2) is 14.8 Å². The monoisotopic (exact) mass is 557 g/mol. The topological polar surface area (TPSA) is 131 Å². The Morgan fingerprint density at radius 3 is 2.29 bits per heavy atom. The Kier molecular flexibility index (Phi) is 10.2. The third-order valence-electron chi connectivity index (χ3n) is 5.60. The summed E-state index contributed by atoms with van der Waals surface area (Å²) in [7, 11) is 0. The second-order valence-corrected chi connectivity index (χ2v) is 8.30. The maximum Gasteiger partial charge on any atom is 0.490 e. The fraction of sp³-hybridized carbons (Fsp3) is 0.500. The van der Waals surface area contributed by atoms with Crippen LogP contribution in [0.5, 0.6) is 0 Å². The number of piperidine rings is 1. The van der Waals surface area contributed by atoms with Crippen LogP contribution in [-0.2, 0) is 17.5 Å². The predicted molar refractivity (Wildman–Crippen MR) is 121 cm³/mol. The molecule has 5 N–H and O–H groups in total. The first-order chi connectivity index (χ1) is 17.6. The van der Waals surface area contributed by atoms with Crippen molar-refractivity contribution in [2.24, 2.45) is 0 Å². The second kappa shape index (κ2) is 12.5. The van der Waals surface area contributed by atoms with Crippen molar-refractivity contribution in [1.82, 2.24) is 15.3 Å². The van der Waals surface area contributed by atoms with E-state index < -0.39 is 41.4 Å². The Balaban J connectivity index is 0.000000638. The number of hydrogen-bond acceptors (Lipinski definition) is 8. The van der Waals surface area contributed by atoms with E-state index in [0.717, 1.165) is 12.1 Å². The minimum atomic E-state index is -5.08. The number of carboxylic acid groups (broad SMARTS) is 1. The summed E-state index contributed by atoms with van der Waals surface area (Å²) in [6, 6.07) is 4.66. The highest BCUT2D eigenvalue weighted by Crippen LogP contribution is 2.30. The molecular formula is C22H26F7N5O4. The number of carboxylic acids is 1. The molecule has 3 rings (SSSR count). The molecule has 16 heteroatoms. The van der Waals surface area contributed by atoms with Crippen molar-refractivity contribution in [3.05, 3.63) is 47.5 Å². The van der Waals surface area contributed by atoms with E-state index in [2.05, 4.69) is 20.6 Å². The van der Waals surface area contributed by atoms with Crippen LogP contribution in [0, 0.1) is 5.82 Å². The van der Waals surface area contributed by atoms with Gasteiger partial charge in [-0.15, -0.1) is 0 Å². The molecule has 2 atom stereocenters. The summed E-state index contributed by atoms with van der Waals surface area (Å²) in [4.78, 5) is 18.3. The molecule has 212 valence electrons. The SMILES string of the molecule is CCN(Cc1ccc(C(F)(F)F)cc1)c1ncnc(NCC2(O)CCNCC2O)c1F.O=C(O)C(F)(F)F. The van der Waals surface area contributed by atoms with Gasteiger partial charge in [0, 0.05) is 26.2 Å². The van der Waals surface area contributed by atoms with Gasteiger partial charge in [-0.3, -0.25) is 0 Å². The van der Waals surface area contributed by atoms with Crippen LogP contribution in [0.2, 0.25) is 0 Å². The average Bonchev–Trinajstić information content (AvgIpc) is 2.84. The van der Waals surface area contributed by atoms with Gasteiger partial charge < -0.3 is 30.9 Å². The number of aromatic nitrogens is 2. The lowest BCUT2D eigenvalue weighted by Gasteiger charge is -2.37. The van der Waals surface area contributed by atoms with Crippen LogP contribution < -0.4 is 15.5 Å². The predicted octanol–water partition coefficient (Wildman–Crippen LogP) is 2.79. The molecule has 0 aliphatic carbocycles. The standard InChI is InChI=1S/C20H25F4N5O2.C2HF3O2/c1-2-29(10-13-3-5-14(6-4-13)20(22,23)24)18-16(21)17(27-12-28-18)26-11-19(31)7-8-25-9-15(19)30;3-2(4,5)1(6)7/h3-6,12,15,25,30-31H,2,7-11H2,1H3,(H,26,27,28);(H,6,7). The van der Waals surface area contributed by atoms with Gasteiger partial charge in [-0.1, -0.05) is 12.1 Å². The number of benzene rings is 1. The number of aliphatic hydroxyl groups is 2. The fourth-order valence-corrected chi connectivity index (χ4v) is 3.40. The largest absolute Gasteiger partial charge is 0.490 e. The van der Waals surface area contributed by atoms with Crippen LogP contribution in [0.25, 0.3) is 0 Å². The van der Waals surface area contributed by atoms with Crippen molar-refractivity contribution in [1.29, 1.82) is 0 Å². The summed E-state index contributed by atoms with van der Waals surface area (Å²) in [5.41, 5.74) is -1.61. The Bertz CT molecular complexity index is 1070. The molecule has 9 nitrogen and oxygen atoms in total. The van der Waals surface area contributed by atoms with Gasteiger partial charge in [-0.2, -0.15) is 30.7 Å². The smallest absolute Gasteiger partial charge is 0.475 e. The van der Waals surface area contributed by atoms with E-state index >= 15 is 4.39 Å². The zero-order valence-corrected chi connectivity index (χ0v) is 19.9. The van der Waals surface area contributed by atoms with Gasteiger partial charge in [0.25, 0.3) is 0 Å². The second-order valence-electron chi connectivity index (χ2n) is 8.30. The van der Waals surface area contributed by atoms with Gasteiger partial charge in [-0.05, 0) is 37.6 Å². The summed E-state index contributed by atoms with van der Waals surface area (Å²) in [6.45, 7) is 2.91. The van der Waals surface area contributed by atoms with Gasteiger partial charge in [0.05, 0.1) is 11.7 Å². The number of hydrogen-bond donors (Lipinski definition) is 5. The summed E-state index contributed by atoms with van der Waals surface area (Å²) >= 11 is 0. The van der Waals surface area contributed by atoms with Crippen molar-refractivity contribution >= 4 is 17.6 Å². The van der Waals surface area contributed by atoms with Gasteiger partial charge in [0.15, 0.2) is 11.6 Å². The maximum atomic E-state index is 15.1.